The summed E-state index contributed by atoms with van der Waals surface area (Å²) in [7, 11) is -2.33. The minimum atomic E-state index is -4.09. The Morgan fingerprint density at radius 3 is 2.24 bits per heavy atom. The van der Waals surface area contributed by atoms with Gasteiger partial charge >= 0.3 is 11.8 Å². The van der Waals surface area contributed by atoms with Gasteiger partial charge in [-0.3, -0.25) is 24.4 Å². The van der Waals surface area contributed by atoms with Crippen molar-refractivity contribution >= 4 is 33.2 Å². The third kappa shape index (κ3) is 5.49. The van der Waals surface area contributed by atoms with Crippen molar-refractivity contribution in [3.8, 4) is 0 Å². The van der Waals surface area contributed by atoms with E-state index in [0.717, 1.165) is 5.56 Å². The van der Waals surface area contributed by atoms with E-state index in [1.54, 1.807) is 24.1 Å². The molecule has 0 aliphatic carbocycles. The summed E-state index contributed by atoms with van der Waals surface area (Å²) in [6.45, 7) is 4.66. The van der Waals surface area contributed by atoms with Gasteiger partial charge in [0.1, 0.15) is 5.69 Å². The molecular weight excluding hydrogens is 518 g/mol. The molecule has 2 aliphatic heterocycles. The molecule has 38 heavy (non-hydrogen) atoms. The third-order valence-electron chi connectivity index (χ3n) is 6.79. The molecule has 0 bridgehead atoms. The average Bonchev–Trinajstić information content (AvgIpc) is 3.34. The smallest absolute Gasteiger partial charge is 0.312 e. The lowest BCUT2D eigenvalue weighted by Gasteiger charge is -2.35. The van der Waals surface area contributed by atoms with Crippen LogP contribution in [0.4, 0.5) is 11.4 Å². The van der Waals surface area contributed by atoms with Gasteiger partial charge in [-0.1, -0.05) is 0 Å². The number of sulfonamides is 1. The van der Waals surface area contributed by atoms with Gasteiger partial charge in [-0.2, -0.15) is 9.40 Å². The minimum Gasteiger partial charge on any atom is -0.378 e. The monoisotopic (exact) mass is 549 g/mol. The van der Waals surface area contributed by atoms with Crippen molar-refractivity contribution < 1.29 is 27.7 Å². The molecular formula is C23H31N7O7S. The van der Waals surface area contributed by atoms with Gasteiger partial charge < -0.3 is 19.9 Å². The van der Waals surface area contributed by atoms with Gasteiger partial charge in [0, 0.05) is 63.6 Å². The number of nitrogens with zero attached hydrogens (tertiary/aromatic N) is 6. The van der Waals surface area contributed by atoms with E-state index in [2.05, 4.69) is 10.4 Å². The molecule has 0 saturated carbocycles. The number of nitrogens with one attached hydrogen (secondary N) is 1. The van der Waals surface area contributed by atoms with E-state index in [4.69, 9.17) is 4.74 Å². The molecule has 206 valence electrons. The van der Waals surface area contributed by atoms with Crippen LogP contribution in [0, 0.1) is 17.0 Å². The Morgan fingerprint density at radius 1 is 1.08 bits per heavy atom. The molecule has 1 aromatic heterocycles. The topological polar surface area (TPSA) is 160 Å². The van der Waals surface area contributed by atoms with Crippen molar-refractivity contribution in [1.29, 1.82) is 0 Å². The largest absolute Gasteiger partial charge is 0.378 e. The third-order valence-corrected chi connectivity index (χ3v) is 8.83. The molecule has 0 spiro atoms. The number of ether oxygens (including phenoxy) is 1. The van der Waals surface area contributed by atoms with Gasteiger partial charge in [-0.15, -0.1) is 0 Å². The van der Waals surface area contributed by atoms with E-state index in [-0.39, 0.29) is 54.1 Å². The standard InChI is InChI=1S/C23H31N7O7S/c1-16-20(5-4-19(21(16)30(33)34)25-17(2)18-14-24-26(3)15-18)38(35,36)29-8-6-27(7-9-29)22(31)23(32)28-10-12-37-13-11-28/h4-5,14-15,17,25H,6-13H2,1-3H3. The number of morpholine rings is 1. The summed E-state index contributed by atoms with van der Waals surface area (Å²) in [5, 5.41) is 19.2. The fourth-order valence-electron chi connectivity index (χ4n) is 4.60. The first kappa shape index (κ1) is 27.5. The first-order chi connectivity index (χ1) is 18.0. The van der Waals surface area contributed by atoms with Crippen molar-refractivity contribution in [2.45, 2.75) is 24.8 Å². The van der Waals surface area contributed by atoms with Crippen molar-refractivity contribution in [1.82, 2.24) is 23.9 Å². The van der Waals surface area contributed by atoms with E-state index in [0.29, 0.717) is 26.3 Å². The second kappa shape index (κ2) is 11.0. The van der Waals surface area contributed by atoms with Gasteiger partial charge in [0.05, 0.1) is 35.3 Å². The molecule has 2 saturated heterocycles. The molecule has 2 aliphatic rings. The Bertz CT molecular complexity index is 1330. The first-order valence-electron chi connectivity index (χ1n) is 12.2. The van der Waals surface area contributed by atoms with Crippen molar-refractivity contribution in [3.05, 3.63) is 45.8 Å². The van der Waals surface area contributed by atoms with Crippen molar-refractivity contribution in [2.24, 2.45) is 7.05 Å². The number of aryl methyl sites for hydroxylation is 1. The maximum absolute atomic E-state index is 13.5. The molecule has 15 heteroatoms. The lowest BCUT2D eigenvalue weighted by molar-refractivity contribution is -0.384. The second-order valence-corrected chi connectivity index (χ2v) is 11.2. The average molecular weight is 550 g/mol. The lowest BCUT2D eigenvalue weighted by Crippen LogP contribution is -2.55. The number of nitro groups is 1. The summed E-state index contributed by atoms with van der Waals surface area (Å²) < 4.78 is 35.0. The van der Waals surface area contributed by atoms with E-state index in [1.807, 2.05) is 6.92 Å². The van der Waals surface area contributed by atoms with Gasteiger partial charge in [0.25, 0.3) is 5.69 Å². The molecule has 1 N–H and O–H groups in total. The molecule has 1 aromatic carbocycles. The molecule has 2 aromatic rings. The number of carbonyl (C=O) groups is 2. The maximum Gasteiger partial charge on any atom is 0.312 e. The van der Waals surface area contributed by atoms with Crippen LogP contribution < -0.4 is 5.32 Å². The fraction of sp³-hybridized carbons (Fsp3) is 0.522. The zero-order valence-electron chi connectivity index (χ0n) is 21.5. The number of benzene rings is 1. The second-order valence-electron chi connectivity index (χ2n) is 9.26. The molecule has 3 heterocycles. The fourth-order valence-corrected chi connectivity index (χ4v) is 6.25. The number of nitro benzene ring substituents is 1. The van der Waals surface area contributed by atoms with Crippen molar-refractivity contribution in [2.75, 3.05) is 57.8 Å². The van der Waals surface area contributed by atoms with Gasteiger partial charge in [-0.05, 0) is 26.0 Å². The zero-order valence-corrected chi connectivity index (χ0v) is 22.3. The molecule has 2 fully saturated rings. The van der Waals surface area contributed by atoms with Crippen LogP contribution in [0.1, 0.15) is 24.1 Å². The van der Waals surface area contributed by atoms with Crippen LogP contribution in [0.3, 0.4) is 0 Å². The molecule has 1 unspecified atom stereocenters. The number of rotatable bonds is 6. The quantitative estimate of drug-likeness (QED) is 0.307. The van der Waals surface area contributed by atoms with E-state index < -0.39 is 26.8 Å². The number of aromatic nitrogens is 2. The lowest BCUT2D eigenvalue weighted by atomic mass is 10.1. The van der Waals surface area contributed by atoms with Crippen LogP contribution in [-0.2, 0) is 31.4 Å². The molecule has 2 amide bonds. The zero-order chi connectivity index (χ0) is 27.6. The summed E-state index contributed by atoms with van der Waals surface area (Å²) in [4.78, 5) is 39.2. The van der Waals surface area contributed by atoms with Gasteiger partial charge in [-0.25, -0.2) is 8.42 Å². The summed E-state index contributed by atoms with van der Waals surface area (Å²) in [5.74, 6) is -1.30. The highest BCUT2D eigenvalue weighted by Crippen LogP contribution is 2.36. The Labute approximate surface area is 220 Å². The molecule has 0 radical (unpaired) electrons. The normalized spacial score (nSPS) is 17.8. The van der Waals surface area contributed by atoms with Crippen molar-refractivity contribution in [3.63, 3.8) is 0 Å². The van der Waals surface area contributed by atoms with E-state index >= 15 is 0 Å². The Morgan fingerprint density at radius 2 is 1.68 bits per heavy atom. The van der Waals surface area contributed by atoms with Crippen LogP contribution in [0.15, 0.2) is 29.4 Å². The number of anilines is 1. The Kier molecular flexibility index (Phi) is 7.99. The number of piperazine rings is 1. The predicted molar refractivity (Wildman–Crippen MR) is 136 cm³/mol. The first-order valence-corrected chi connectivity index (χ1v) is 13.6. The van der Waals surface area contributed by atoms with Crippen LogP contribution in [-0.4, -0.2) is 102 Å². The summed E-state index contributed by atoms with van der Waals surface area (Å²) in [6.07, 6.45) is 3.43. The summed E-state index contributed by atoms with van der Waals surface area (Å²) in [6, 6.07) is 2.44. The van der Waals surface area contributed by atoms with Crippen LogP contribution >= 0.6 is 0 Å². The highest BCUT2D eigenvalue weighted by molar-refractivity contribution is 7.89. The maximum atomic E-state index is 13.5. The molecule has 4 rings (SSSR count). The van der Waals surface area contributed by atoms with Crippen LogP contribution in [0.5, 0.6) is 0 Å². The number of hydrogen-bond acceptors (Lipinski definition) is 9. The Balaban J connectivity index is 1.49. The highest BCUT2D eigenvalue weighted by Gasteiger charge is 2.36. The number of carbonyl (C=O) groups excluding carboxylic acids is 2. The predicted octanol–water partition coefficient (Wildman–Crippen LogP) is 0.502. The van der Waals surface area contributed by atoms with Crippen LogP contribution in [0.25, 0.3) is 0 Å². The highest BCUT2D eigenvalue weighted by atomic mass is 32.2. The summed E-state index contributed by atoms with van der Waals surface area (Å²) >= 11 is 0. The number of amides is 2. The Hall–Kier alpha value is -3.56. The molecule has 1 atom stereocenters. The summed E-state index contributed by atoms with van der Waals surface area (Å²) in [5.41, 5.74) is 0.696. The SMILES string of the molecule is Cc1c(S(=O)(=O)N2CCN(C(=O)C(=O)N3CCOCC3)CC2)ccc(NC(C)c2cnn(C)c2)c1[N+](=O)[O-]. The number of hydrogen-bond donors (Lipinski definition) is 1. The van der Waals surface area contributed by atoms with E-state index in [1.165, 1.54) is 33.2 Å². The molecule has 14 nitrogen and oxygen atoms in total. The minimum absolute atomic E-state index is 0.0133. The van der Waals surface area contributed by atoms with Gasteiger partial charge in [0.15, 0.2) is 0 Å². The van der Waals surface area contributed by atoms with Gasteiger partial charge in [0.2, 0.25) is 10.0 Å². The van der Waals surface area contributed by atoms with E-state index in [9.17, 15) is 28.1 Å². The van der Waals surface area contributed by atoms with Crippen LogP contribution in [0.2, 0.25) is 0 Å².